The fraction of sp³-hybridized carbons (Fsp3) is 0.750. The minimum atomic E-state index is -4.29. The zero-order chi connectivity index (χ0) is 41.8. The van der Waals surface area contributed by atoms with Gasteiger partial charge in [0.05, 0.1) is 13.2 Å². The number of ether oxygens (including phenoxy) is 2. The number of allylic oxidation sites excluding steroid dienone is 10. The first-order valence-corrected chi connectivity index (χ1v) is 24.6. The van der Waals surface area contributed by atoms with Crippen molar-refractivity contribution in [2.24, 2.45) is 0 Å². The Labute approximate surface area is 350 Å². The van der Waals surface area contributed by atoms with Gasteiger partial charge in [-0.3, -0.25) is 18.6 Å². The minimum Gasteiger partial charge on any atom is -0.462 e. The lowest BCUT2D eigenvalue weighted by Gasteiger charge is -2.19. The molecule has 0 aliphatic carbocycles. The van der Waals surface area contributed by atoms with E-state index in [1.807, 2.05) is 0 Å². The van der Waals surface area contributed by atoms with Crippen LogP contribution >= 0.6 is 7.82 Å². The first-order valence-electron chi connectivity index (χ1n) is 23.1. The van der Waals surface area contributed by atoms with E-state index in [0.717, 1.165) is 83.5 Å². The van der Waals surface area contributed by atoms with Gasteiger partial charge in [0.2, 0.25) is 0 Å². The highest BCUT2D eigenvalue weighted by Gasteiger charge is 2.25. The van der Waals surface area contributed by atoms with Crippen LogP contribution in [0.3, 0.4) is 0 Å². The van der Waals surface area contributed by atoms with Crippen molar-refractivity contribution in [2.75, 3.05) is 19.8 Å². The largest absolute Gasteiger partial charge is 0.472 e. The number of carbonyl (C=O) groups excluding carboxylic acids is 2. The molecule has 1 N–H and O–H groups in total. The number of rotatable bonds is 42. The maximum Gasteiger partial charge on any atom is 0.472 e. The summed E-state index contributed by atoms with van der Waals surface area (Å²) in [6, 6.07) is 0. The van der Waals surface area contributed by atoms with Gasteiger partial charge in [0.25, 0.3) is 0 Å². The number of hydrogen-bond donors (Lipinski definition) is 1. The molecule has 0 amide bonds. The summed E-state index contributed by atoms with van der Waals surface area (Å²) in [5.74, 6) is -0.819. The second-order valence-electron chi connectivity index (χ2n) is 15.0. The van der Waals surface area contributed by atoms with Gasteiger partial charge in [0.1, 0.15) is 6.61 Å². The summed E-state index contributed by atoms with van der Waals surface area (Å²) in [6.07, 6.45) is 52.7. The third kappa shape index (κ3) is 43.2. The van der Waals surface area contributed by atoms with Gasteiger partial charge in [-0.25, -0.2) is 4.57 Å². The topological polar surface area (TPSA) is 108 Å². The monoisotopic (exact) mass is 821 g/mol. The minimum absolute atomic E-state index is 0.00556. The van der Waals surface area contributed by atoms with Crippen LogP contribution in [-0.4, -0.2) is 42.8 Å². The average Bonchev–Trinajstić information content (AvgIpc) is 3.19. The van der Waals surface area contributed by atoms with Gasteiger partial charge in [-0.05, 0) is 84.0 Å². The summed E-state index contributed by atoms with van der Waals surface area (Å²) in [4.78, 5) is 34.8. The normalized spacial score (nSPS) is 13.8. The van der Waals surface area contributed by atoms with E-state index >= 15 is 0 Å². The van der Waals surface area contributed by atoms with Crippen molar-refractivity contribution in [3.05, 3.63) is 60.8 Å². The molecule has 0 spiro atoms. The zero-order valence-electron chi connectivity index (χ0n) is 36.7. The molecule has 0 rings (SSSR count). The van der Waals surface area contributed by atoms with Crippen LogP contribution in [0.1, 0.15) is 207 Å². The number of hydrogen-bond acceptors (Lipinski definition) is 7. The maximum absolute atomic E-state index is 12.6. The van der Waals surface area contributed by atoms with Crippen LogP contribution in [0.25, 0.3) is 0 Å². The van der Waals surface area contributed by atoms with Gasteiger partial charge in [-0.1, -0.05) is 171 Å². The molecule has 0 bridgehead atoms. The molecule has 2 atom stereocenters. The average molecular weight is 821 g/mol. The molecular formula is C48H85O8P. The molecule has 0 heterocycles. The van der Waals surface area contributed by atoms with Gasteiger partial charge in [0.15, 0.2) is 6.10 Å². The Bertz CT molecular complexity index is 1110. The van der Waals surface area contributed by atoms with Crippen LogP contribution in [-0.2, 0) is 32.7 Å². The first kappa shape index (κ1) is 54.8. The van der Waals surface area contributed by atoms with E-state index in [1.54, 1.807) is 6.92 Å². The second-order valence-corrected chi connectivity index (χ2v) is 16.5. The van der Waals surface area contributed by atoms with E-state index in [9.17, 15) is 19.0 Å². The SMILES string of the molecule is CC/C=C\C/C=C\C/C=C\C/C=C\CCCCCCCCC(=O)OC(COC(=O)CCCCCCCCC/C=C\CCCCCCCCC)COP(=O)(O)OCC. The molecule has 0 aliphatic heterocycles. The highest BCUT2D eigenvalue weighted by molar-refractivity contribution is 7.47. The summed E-state index contributed by atoms with van der Waals surface area (Å²) >= 11 is 0. The molecule has 0 saturated carbocycles. The third-order valence-corrected chi connectivity index (χ3v) is 10.6. The Balaban J connectivity index is 4.09. The van der Waals surface area contributed by atoms with Crippen molar-refractivity contribution >= 4 is 19.8 Å². The predicted molar refractivity (Wildman–Crippen MR) is 239 cm³/mol. The van der Waals surface area contributed by atoms with Crippen molar-refractivity contribution < 1.29 is 37.6 Å². The van der Waals surface area contributed by atoms with Gasteiger partial charge in [-0.15, -0.1) is 0 Å². The number of unbranched alkanes of at least 4 members (excludes halogenated alkanes) is 20. The molecule has 2 unspecified atom stereocenters. The molecule has 330 valence electrons. The third-order valence-electron chi connectivity index (χ3n) is 9.56. The fourth-order valence-corrected chi connectivity index (χ4v) is 6.96. The summed E-state index contributed by atoms with van der Waals surface area (Å²) in [6.45, 7) is 5.35. The van der Waals surface area contributed by atoms with Gasteiger partial charge in [-0.2, -0.15) is 0 Å². The molecule has 8 nitrogen and oxygen atoms in total. The standard InChI is InChI=1S/C48H85O8P/c1-4-7-9-11-13-15-17-19-21-23-25-27-29-31-33-35-37-39-41-43-48(50)56-46(45-55-57(51,52)54-6-3)44-53-47(49)42-40-38-36-34-32-30-28-26-24-22-20-18-16-14-12-10-8-5-2/h7,9,13,15,19,21-22,24-25,27,46H,4-6,8,10-12,14,16-18,20,23,26,28-45H2,1-3H3,(H,51,52)/b9-7-,15-13-,21-19-,24-22-,27-25-. The summed E-state index contributed by atoms with van der Waals surface area (Å²) in [5, 5.41) is 0. The fourth-order valence-electron chi connectivity index (χ4n) is 6.20. The first-order chi connectivity index (χ1) is 27.8. The highest BCUT2D eigenvalue weighted by atomic mass is 31.2. The summed E-state index contributed by atoms with van der Waals surface area (Å²) < 4.78 is 32.7. The Morgan fingerprint density at radius 1 is 0.491 bits per heavy atom. The maximum atomic E-state index is 12.6. The lowest BCUT2D eigenvalue weighted by Crippen LogP contribution is -2.29. The Hall–Kier alpha value is -2.25. The van der Waals surface area contributed by atoms with Crippen LogP contribution in [0.2, 0.25) is 0 Å². The molecule has 0 aromatic carbocycles. The van der Waals surface area contributed by atoms with Crippen molar-refractivity contribution in [2.45, 2.75) is 213 Å². The smallest absolute Gasteiger partial charge is 0.462 e. The zero-order valence-corrected chi connectivity index (χ0v) is 37.6. The van der Waals surface area contributed by atoms with Crippen molar-refractivity contribution in [1.29, 1.82) is 0 Å². The number of carbonyl (C=O) groups is 2. The molecule has 0 aliphatic rings. The molecule has 0 saturated heterocycles. The Kier molecular flexibility index (Phi) is 41.6. The number of phosphoric acid groups is 1. The predicted octanol–water partition coefficient (Wildman–Crippen LogP) is 14.7. The Morgan fingerprint density at radius 3 is 1.37 bits per heavy atom. The Morgan fingerprint density at radius 2 is 0.895 bits per heavy atom. The lowest BCUT2D eigenvalue weighted by molar-refractivity contribution is -0.161. The summed E-state index contributed by atoms with van der Waals surface area (Å²) in [5.41, 5.74) is 0. The van der Waals surface area contributed by atoms with Crippen LogP contribution in [0.4, 0.5) is 0 Å². The van der Waals surface area contributed by atoms with E-state index < -0.39 is 26.5 Å². The number of esters is 2. The van der Waals surface area contributed by atoms with Crippen molar-refractivity contribution in [3.63, 3.8) is 0 Å². The van der Waals surface area contributed by atoms with Gasteiger partial charge in [0, 0.05) is 12.8 Å². The molecule has 0 fully saturated rings. The van der Waals surface area contributed by atoms with Crippen LogP contribution < -0.4 is 0 Å². The van der Waals surface area contributed by atoms with Gasteiger partial charge < -0.3 is 14.4 Å². The van der Waals surface area contributed by atoms with Gasteiger partial charge >= 0.3 is 19.8 Å². The van der Waals surface area contributed by atoms with E-state index in [-0.39, 0.29) is 32.0 Å². The molecule has 0 aromatic heterocycles. The van der Waals surface area contributed by atoms with E-state index in [2.05, 4.69) is 74.6 Å². The second kappa shape index (κ2) is 43.3. The van der Waals surface area contributed by atoms with E-state index in [1.165, 1.54) is 83.5 Å². The molecule has 57 heavy (non-hydrogen) atoms. The molecule has 0 aromatic rings. The van der Waals surface area contributed by atoms with Crippen molar-refractivity contribution in [3.8, 4) is 0 Å². The van der Waals surface area contributed by atoms with E-state index in [0.29, 0.717) is 6.42 Å². The van der Waals surface area contributed by atoms with Crippen LogP contribution in [0.5, 0.6) is 0 Å². The molecule has 9 heteroatoms. The summed E-state index contributed by atoms with van der Waals surface area (Å²) in [7, 11) is -4.29. The molecular weight excluding hydrogens is 735 g/mol. The lowest BCUT2D eigenvalue weighted by atomic mass is 10.1. The van der Waals surface area contributed by atoms with Crippen LogP contribution in [0.15, 0.2) is 60.8 Å². The van der Waals surface area contributed by atoms with Crippen molar-refractivity contribution in [1.82, 2.24) is 0 Å². The van der Waals surface area contributed by atoms with E-state index in [4.69, 9.17) is 18.5 Å². The van der Waals surface area contributed by atoms with Crippen LogP contribution in [0, 0.1) is 0 Å². The molecule has 0 radical (unpaired) electrons. The number of phosphoric ester groups is 1. The quantitative estimate of drug-likeness (QED) is 0.0281. The highest BCUT2D eigenvalue weighted by Crippen LogP contribution is 2.43.